The van der Waals surface area contributed by atoms with Gasteiger partial charge in [-0.05, 0) is 62.9 Å². The van der Waals surface area contributed by atoms with Crippen molar-refractivity contribution in [3.8, 4) is 0 Å². The van der Waals surface area contributed by atoms with Gasteiger partial charge in [0.2, 0.25) is 0 Å². The number of benzene rings is 1. The highest BCUT2D eigenvalue weighted by molar-refractivity contribution is 5.57. The third-order valence-electron chi connectivity index (χ3n) is 3.78. The summed E-state index contributed by atoms with van der Waals surface area (Å²) in [5.74, 6) is 0.474. The zero-order valence-corrected chi connectivity index (χ0v) is 14.5. The molecule has 1 aromatic carbocycles. The lowest BCUT2D eigenvalue weighted by molar-refractivity contribution is 0.554. The highest BCUT2D eigenvalue weighted by Crippen LogP contribution is 2.30. The molecule has 3 heteroatoms. The monoisotopic (exact) mass is 294 g/mol. The van der Waals surface area contributed by atoms with Crippen LogP contribution in [-0.4, -0.2) is 19.6 Å². The van der Waals surface area contributed by atoms with Crippen LogP contribution >= 0.6 is 0 Å². The van der Waals surface area contributed by atoms with E-state index in [9.17, 15) is 4.39 Å². The fraction of sp³-hybridized carbons (Fsp3) is 0.667. The second-order valence-electron chi connectivity index (χ2n) is 6.27. The number of halogens is 1. The highest BCUT2D eigenvalue weighted by atomic mass is 19.1. The van der Waals surface area contributed by atoms with Gasteiger partial charge in [0.1, 0.15) is 5.82 Å². The SMILES string of the molecule is CCCNC(C)c1cc(F)c(C)cc1N(CC)CC(C)C. The van der Waals surface area contributed by atoms with Gasteiger partial charge in [0.25, 0.3) is 0 Å². The smallest absolute Gasteiger partial charge is 0.126 e. The Morgan fingerprint density at radius 1 is 1.19 bits per heavy atom. The Morgan fingerprint density at radius 2 is 1.86 bits per heavy atom. The summed E-state index contributed by atoms with van der Waals surface area (Å²) < 4.78 is 14.0. The summed E-state index contributed by atoms with van der Waals surface area (Å²) >= 11 is 0. The van der Waals surface area contributed by atoms with E-state index in [1.807, 2.05) is 13.0 Å². The molecule has 0 aliphatic carbocycles. The number of rotatable bonds is 8. The molecule has 0 saturated carbocycles. The molecule has 0 saturated heterocycles. The second kappa shape index (κ2) is 8.38. The minimum absolute atomic E-state index is 0.112. The van der Waals surface area contributed by atoms with Gasteiger partial charge in [0, 0.05) is 24.8 Å². The van der Waals surface area contributed by atoms with Crippen molar-refractivity contribution in [3.63, 3.8) is 0 Å². The Balaban J connectivity index is 3.17. The van der Waals surface area contributed by atoms with E-state index in [-0.39, 0.29) is 11.9 Å². The summed E-state index contributed by atoms with van der Waals surface area (Å²) in [6.45, 7) is 15.6. The van der Waals surface area contributed by atoms with Gasteiger partial charge in [-0.3, -0.25) is 0 Å². The number of hydrogen-bond acceptors (Lipinski definition) is 2. The molecule has 1 aromatic rings. The van der Waals surface area contributed by atoms with Crippen LogP contribution in [0.2, 0.25) is 0 Å². The molecule has 0 spiro atoms. The van der Waals surface area contributed by atoms with Crippen molar-refractivity contribution in [2.75, 3.05) is 24.5 Å². The zero-order valence-electron chi connectivity index (χ0n) is 14.5. The molecule has 1 N–H and O–H groups in total. The predicted molar refractivity (Wildman–Crippen MR) is 90.6 cm³/mol. The molecule has 1 atom stereocenters. The first kappa shape index (κ1) is 18.0. The fourth-order valence-electron chi connectivity index (χ4n) is 2.61. The number of nitrogens with zero attached hydrogens (tertiary/aromatic N) is 1. The molecular weight excluding hydrogens is 263 g/mol. The third-order valence-corrected chi connectivity index (χ3v) is 3.78. The maximum absolute atomic E-state index is 14.0. The Kier molecular flexibility index (Phi) is 7.16. The normalized spacial score (nSPS) is 12.8. The van der Waals surface area contributed by atoms with E-state index < -0.39 is 0 Å². The van der Waals surface area contributed by atoms with Gasteiger partial charge in [-0.25, -0.2) is 4.39 Å². The van der Waals surface area contributed by atoms with E-state index in [2.05, 4.69) is 44.8 Å². The lowest BCUT2D eigenvalue weighted by Crippen LogP contribution is -2.30. The molecule has 0 aliphatic rings. The Bertz CT molecular complexity index is 443. The van der Waals surface area contributed by atoms with E-state index in [0.29, 0.717) is 5.92 Å². The van der Waals surface area contributed by atoms with Crippen molar-refractivity contribution in [1.82, 2.24) is 5.32 Å². The van der Waals surface area contributed by atoms with Gasteiger partial charge in [-0.1, -0.05) is 20.8 Å². The maximum Gasteiger partial charge on any atom is 0.126 e. The minimum Gasteiger partial charge on any atom is -0.371 e. The Labute approximate surface area is 129 Å². The molecule has 0 aliphatic heterocycles. The summed E-state index contributed by atoms with van der Waals surface area (Å²) in [4.78, 5) is 2.36. The Hall–Kier alpha value is -1.09. The van der Waals surface area contributed by atoms with Crippen molar-refractivity contribution in [2.24, 2.45) is 5.92 Å². The largest absolute Gasteiger partial charge is 0.371 e. The van der Waals surface area contributed by atoms with Gasteiger partial charge in [-0.2, -0.15) is 0 Å². The molecule has 0 aromatic heterocycles. The van der Waals surface area contributed by atoms with E-state index in [1.54, 1.807) is 6.07 Å². The summed E-state index contributed by atoms with van der Waals surface area (Å²) in [5.41, 5.74) is 2.95. The molecule has 0 fully saturated rings. The van der Waals surface area contributed by atoms with Crippen LogP contribution in [-0.2, 0) is 0 Å². The highest BCUT2D eigenvalue weighted by Gasteiger charge is 2.18. The van der Waals surface area contributed by atoms with Crippen molar-refractivity contribution >= 4 is 5.69 Å². The second-order valence-corrected chi connectivity index (χ2v) is 6.27. The quantitative estimate of drug-likeness (QED) is 0.749. The van der Waals surface area contributed by atoms with Gasteiger partial charge in [0.15, 0.2) is 0 Å². The summed E-state index contributed by atoms with van der Waals surface area (Å²) in [6.07, 6.45) is 1.08. The number of aryl methyl sites for hydroxylation is 1. The molecule has 1 unspecified atom stereocenters. The average Bonchev–Trinajstić information content (AvgIpc) is 2.44. The van der Waals surface area contributed by atoms with Crippen molar-refractivity contribution < 1.29 is 4.39 Å². The predicted octanol–water partition coefficient (Wildman–Crippen LogP) is 4.68. The first-order valence-corrected chi connectivity index (χ1v) is 8.19. The minimum atomic E-state index is -0.112. The van der Waals surface area contributed by atoms with Crippen LogP contribution in [0.15, 0.2) is 12.1 Å². The van der Waals surface area contributed by atoms with E-state index in [0.717, 1.165) is 37.2 Å². The van der Waals surface area contributed by atoms with Crippen LogP contribution < -0.4 is 10.2 Å². The van der Waals surface area contributed by atoms with Gasteiger partial charge in [0.05, 0.1) is 0 Å². The molecule has 2 nitrogen and oxygen atoms in total. The van der Waals surface area contributed by atoms with Crippen LogP contribution in [0.1, 0.15) is 58.2 Å². The molecule has 0 heterocycles. The topological polar surface area (TPSA) is 15.3 Å². The number of anilines is 1. The molecule has 0 bridgehead atoms. The lowest BCUT2D eigenvalue weighted by atomic mass is 10.0. The van der Waals surface area contributed by atoms with Crippen LogP contribution in [0.5, 0.6) is 0 Å². The number of hydrogen-bond donors (Lipinski definition) is 1. The zero-order chi connectivity index (χ0) is 16.0. The van der Waals surface area contributed by atoms with Crippen LogP contribution in [0.3, 0.4) is 0 Å². The first-order chi connectivity index (χ1) is 9.90. The molecule has 0 amide bonds. The molecule has 120 valence electrons. The van der Waals surface area contributed by atoms with Crippen LogP contribution in [0.25, 0.3) is 0 Å². The van der Waals surface area contributed by atoms with Gasteiger partial charge >= 0.3 is 0 Å². The maximum atomic E-state index is 14.0. The molecule has 1 rings (SSSR count). The summed E-state index contributed by atoms with van der Waals surface area (Å²) in [5, 5.41) is 3.47. The molecule has 21 heavy (non-hydrogen) atoms. The average molecular weight is 294 g/mol. The van der Waals surface area contributed by atoms with E-state index in [1.165, 1.54) is 5.69 Å². The fourth-order valence-corrected chi connectivity index (χ4v) is 2.61. The number of nitrogens with one attached hydrogen (secondary N) is 1. The molecule has 0 radical (unpaired) electrons. The van der Waals surface area contributed by atoms with Crippen molar-refractivity contribution in [2.45, 2.75) is 54.0 Å². The standard InChI is InChI=1S/C18H31FN2/c1-7-9-20-15(6)16-11-17(19)14(5)10-18(16)21(8-2)12-13(3)4/h10-11,13,15,20H,7-9,12H2,1-6H3. The first-order valence-electron chi connectivity index (χ1n) is 8.19. The van der Waals surface area contributed by atoms with Crippen LogP contribution in [0.4, 0.5) is 10.1 Å². The lowest BCUT2D eigenvalue weighted by Gasteiger charge is -2.30. The third kappa shape index (κ3) is 4.99. The van der Waals surface area contributed by atoms with Crippen LogP contribution in [0, 0.1) is 18.7 Å². The van der Waals surface area contributed by atoms with E-state index in [4.69, 9.17) is 0 Å². The van der Waals surface area contributed by atoms with Gasteiger partial charge < -0.3 is 10.2 Å². The van der Waals surface area contributed by atoms with E-state index >= 15 is 0 Å². The molecular formula is C18H31FN2. The Morgan fingerprint density at radius 3 is 2.38 bits per heavy atom. The van der Waals surface area contributed by atoms with Gasteiger partial charge in [-0.15, -0.1) is 0 Å². The van der Waals surface area contributed by atoms with Crippen molar-refractivity contribution in [3.05, 3.63) is 29.1 Å². The van der Waals surface area contributed by atoms with Crippen molar-refractivity contribution in [1.29, 1.82) is 0 Å². The summed E-state index contributed by atoms with van der Waals surface area (Å²) in [7, 11) is 0. The summed E-state index contributed by atoms with van der Waals surface area (Å²) in [6, 6.07) is 3.87.